The zero-order chi connectivity index (χ0) is 12.8. The average molecular weight is 244 g/mol. The lowest BCUT2D eigenvalue weighted by Gasteiger charge is -2.25. The van der Waals surface area contributed by atoms with Gasteiger partial charge in [-0.25, -0.2) is 0 Å². The minimum atomic E-state index is -0.356. The molecule has 0 spiro atoms. The number of nitrogens with one attached hydrogen (secondary N) is 2. The van der Waals surface area contributed by atoms with Gasteiger partial charge in [0.15, 0.2) is 0 Å². The summed E-state index contributed by atoms with van der Waals surface area (Å²) < 4.78 is 0. The van der Waals surface area contributed by atoms with Crippen LogP contribution in [0, 0.1) is 5.92 Å². The van der Waals surface area contributed by atoms with Crippen LogP contribution in [0.25, 0.3) is 0 Å². The summed E-state index contributed by atoms with van der Waals surface area (Å²) in [5.41, 5.74) is 2.42. The standard InChI is InChI=1S/C14H16N2O2/c17-9-15-14(16-10-18)8-12-6-3-5-11-4-1-2-7-13(11)12/h1-4,6-7,9-11,14H,5,8H2,(H,15,17)(H,16,18). The second kappa shape index (κ2) is 6.00. The number of hydrogen-bond acceptors (Lipinski definition) is 2. The van der Waals surface area contributed by atoms with Crippen LogP contribution in [0.2, 0.25) is 0 Å². The largest absolute Gasteiger partial charge is 0.338 e. The maximum atomic E-state index is 10.5. The van der Waals surface area contributed by atoms with Crippen molar-refractivity contribution in [3.05, 3.63) is 47.6 Å². The number of rotatable bonds is 6. The van der Waals surface area contributed by atoms with Crippen LogP contribution in [0.3, 0.4) is 0 Å². The molecule has 2 aliphatic carbocycles. The van der Waals surface area contributed by atoms with Crippen LogP contribution in [0.5, 0.6) is 0 Å². The average Bonchev–Trinajstić information content (AvgIpc) is 2.40. The summed E-state index contributed by atoms with van der Waals surface area (Å²) >= 11 is 0. The van der Waals surface area contributed by atoms with E-state index in [1.54, 1.807) is 0 Å². The zero-order valence-electron chi connectivity index (χ0n) is 10.0. The molecule has 2 amide bonds. The maximum Gasteiger partial charge on any atom is 0.208 e. The van der Waals surface area contributed by atoms with Gasteiger partial charge in [-0.2, -0.15) is 0 Å². The second-order valence-corrected chi connectivity index (χ2v) is 4.29. The van der Waals surface area contributed by atoms with Crippen molar-refractivity contribution in [3.8, 4) is 0 Å². The van der Waals surface area contributed by atoms with Gasteiger partial charge in [-0.05, 0) is 17.6 Å². The molecule has 94 valence electrons. The van der Waals surface area contributed by atoms with Gasteiger partial charge in [-0.3, -0.25) is 9.59 Å². The smallest absolute Gasteiger partial charge is 0.208 e. The molecule has 2 aliphatic rings. The topological polar surface area (TPSA) is 58.2 Å². The summed E-state index contributed by atoms with van der Waals surface area (Å²) in [6, 6.07) is 0. The number of hydrogen-bond donors (Lipinski definition) is 2. The lowest BCUT2D eigenvalue weighted by molar-refractivity contribution is -0.112. The SMILES string of the molecule is O=CNC(CC1=C2C=CC=CC2CC=C1)NC=O. The van der Waals surface area contributed by atoms with Gasteiger partial charge in [0.2, 0.25) is 12.8 Å². The Balaban J connectivity index is 2.15. The lowest BCUT2D eigenvalue weighted by atomic mass is 9.83. The van der Waals surface area contributed by atoms with Crippen molar-refractivity contribution >= 4 is 12.8 Å². The molecule has 0 aromatic rings. The molecule has 0 aromatic carbocycles. The highest BCUT2D eigenvalue weighted by atomic mass is 16.1. The molecule has 0 fully saturated rings. The van der Waals surface area contributed by atoms with Crippen LogP contribution in [0.15, 0.2) is 47.6 Å². The van der Waals surface area contributed by atoms with E-state index in [1.807, 2.05) is 6.08 Å². The summed E-state index contributed by atoms with van der Waals surface area (Å²) in [4.78, 5) is 21.0. The van der Waals surface area contributed by atoms with E-state index in [2.05, 4.69) is 41.0 Å². The Labute approximate surface area is 106 Å². The predicted molar refractivity (Wildman–Crippen MR) is 69.4 cm³/mol. The fraction of sp³-hybridized carbons (Fsp3) is 0.286. The van der Waals surface area contributed by atoms with Gasteiger partial charge in [0.25, 0.3) is 0 Å². The first-order valence-corrected chi connectivity index (χ1v) is 5.99. The molecular weight excluding hydrogens is 228 g/mol. The Morgan fingerprint density at radius 3 is 2.72 bits per heavy atom. The third-order valence-electron chi connectivity index (χ3n) is 3.17. The number of fused-ring (bicyclic) bond motifs is 1. The number of allylic oxidation sites excluding steroid dienone is 7. The molecule has 4 heteroatoms. The van der Waals surface area contributed by atoms with Gasteiger partial charge in [0.05, 0.1) is 0 Å². The third kappa shape index (κ3) is 2.77. The van der Waals surface area contributed by atoms with Crippen molar-refractivity contribution in [3.63, 3.8) is 0 Å². The van der Waals surface area contributed by atoms with E-state index in [0.29, 0.717) is 25.2 Å². The molecule has 0 aromatic heterocycles. The molecule has 0 bridgehead atoms. The molecule has 0 saturated heterocycles. The van der Waals surface area contributed by atoms with Gasteiger partial charge in [-0.1, -0.05) is 36.5 Å². The van der Waals surface area contributed by atoms with Crippen LogP contribution in [0.4, 0.5) is 0 Å². The van der Waals surface area contributed by atoms with E-state index in [9.17, 15) is 9.59 Å². The van der Waals surface area contributed by atoms with Crippen molar-refractivity contribution in [1.82, 2.24) is 10.6 Å². The van der Waals surface area contributed by atoms with Crippen molar-refractivity contribution < 1.29 is 9.59 Å². The van der Waals surface area contributed by atoms with Crippen LogP contribution in [0.1, 0.15) is 12.8 Å². The number of carbonyl (C=O) groups is 2. The highest BCUT2D eigenvalue weighted by molar-refractivity contribution is 5.52. The normalized spacial score (nSPS) is 20.8. The third-order valence-corrected chi connectivity index (χ3v) is 3.17. The zero-order valence-corrected chi connectivity index (χ0v) is 10.0. The molecule has 1 atom stereocenters. The summed E-state index contributed by atoms with van der Waals surface area (Å²) in [6.07, 6.45) is 15.0. The molecule has 18 heavy (non-hydrogen) atoms. The molecule has 1 unspecified atom stereocenters. The van der Waals surface area contributed by atoms with Crippen LogP contribution in [-0.4, -0.2) is 19.0 Å². The Morgan fingerprint density at radius 2 is 2.00 bits per heavy atom. The Bertz CT molecular complexity index is 437. The molecule has 2 N–H and O–H groups in total. The number of carbonyl (C=O) groups excluding carboxylic acids is 2. The van der Waals surface area contributed by atoms with Gasteiger partial charge < -0.3 is 10.6 Å². The molecule has 0 radical (unpaired) electrons. The summed E-state index contributed by atoms with van der Waals surface area (Å²) in [6.45, 7) is 0. The summed E-state index contributed by atoms with van der Waals surface area (Å²) in [5.74, 6) is 0.420. The van der Waals surface area contributed by atoms with Crippen molar-refractivity contribution in [1.29, 1.82) is 0 Å². The first-order valence-electron chi connectivity index (χ1n) is 5.99. The van der Waals surface area contributed by atoms with Gasteiger partial charge in [0.1, 0.15) is 6.17 Å². The predicted octanol–water partition coefficient (Wildman–Crippen LogP) is 1.19. The number of amides is 2. The molecule has 0 saturated carbocycles. The molecule has 2 rings (SSSR count). The summed E-state index contributed by atoms with van der Waals surface area (Å²) in [5, 5.41) is 5.19. The van der Waals surface area contributed by atoms with Crippen molar-refractivity contribution in [2.75, 3.05) is 0 Å². The monoisotopic (exact) mass is 244 g/mol. The molecule has 0 heterocycles. The minimum absolute atomic E-state index is 0.356. The van der Waals surface area contributed by atoms with E-state index in [4.69, 9.17) is 0 Å². The Kier molecular flexibility index (Phi) is 4.12. The van der Waals surface area contributed by atoms with Crippen LogP contribution >= 0.6 is 0 Å². The maximum absolute atomic E-state index is 10.5. The van der Waals surface area contributed by atoms with E-state index in [-0.39, 0.29) is 6.17 Å². The fourth-order valence-corrected chi connectivity index (χ4v) is 2.32. The molecular formula is C14H16N2O2. The first kappa shape index (κ1) is 12.4. The van der Waals surface area contributed by atoms with Crippen LogP contribution < -0.4 is 10.6 Å². The quantitative estimate of drug-likeness (QED) is 0.544. The first-order chi connectivity index (χ1) is 8.85. The van der Waals surface area contributed by atoms with Crippen LogP contribution in [-0.2, 0) is 9.59 Å². The minimum Gasteiger partial charge on any atom is -0.338 e. The van der Waals surface area contributed by atoms with Gasteiger partial charge >= 0.3 is 0 Å². The highest BCUT2D eigenvalue weighted by Crippen LogP contribution is 2.31. The van der Waals surface area contributed by atoms with Gasteiger partial charge in [0, 0.05) is 12.3 Å². The highest BCUT2D eigenvalue weighted by Gasteiger charge is 2.19. The second-order valence-electron chi connectivity index (χ2n) is 4.29. The van der Waals surface area contributed by atoms with E-state index >= 15 is 0 Å². The molecule has 4 nitrogen and oxygen atoms in total. The van der Waals surface area contributed by atoms with E-state index in [1.165, 1.54) is 5.57 Å². The molecule has 0 aliphatic heterocycles. The fourth-order valence-electron chi connectivity index (χ4n) is 2.32. The lowest BCUT2D eigenvalue weighted by Crippen LogP contribution is -2.41. The van der Waals surface area contributed by atoms with Gasteiger partial charge in [-0.15, -0.1) is 0 Å². The van der Waals surface area contributed by atoms with E-state index in [0.717, 1.165) is 12.0 Å². The van der Waals surface area contributed by atoms with E-state index < -0.39 is 0 Å². The Morgan fingerprint density at radius 1 is 1.22 bits per heavy atom. The van der Waals surface area contributed by atoms with Crippen molar-refractivity contribution in [2.45, 2.75) is 19.0 Å². The Hall–Kier alpha value is -2.10. The summed E-state index contributed by atoms with van der Waals surface area (Å²) in [7, 11) is 0. The van der Waals surface area contributed by atoms with Crippen molar-refractivity contribution in [2.24, 2.45) is 5.92 Å².